The third kappa shape index (κ3) is 6.62. The zero-order valence-electron chi connectivity index (χ0n) is 23.8. The first kappa shape index (κ1) is 29.2. The lowest BCUT2D eigenvalue weighted by atomic mass is 10.1. The van der Waals surface area contributed by atoms with Crippen molar-refractivity contribution in [1.29, 1.82) is 0 Å². The number of fused-ring (bicyclic) bond motifs is 1. The summed E-state index contributed by atoms with van der Waals surface area (Å²) in [5, 5.41) is 4.06. The number of benzene rings is 3. The minimum Gasteiger partial charge on any atom is -0.351 e. The molecule has 0 radical (unpaired) electrons. The summed E-state index contributed by atoms with van der Waals surface area (Å²) in [6.07, 6.45) is 0. The standard InChI is InChI=1S/C31H37N5O3S2/c1-4-36(22-25-8-6-5-7-9-25)41(38,39)27-14-12-26(13-15-27)30(37)32-16-17-34-18-20-35(21-19-34)31-33-28-23(2)10-11-24(3)29(28)40-31/h5-15H,4,16-22H2,1-3H3,(H,32,37). The van der Waals surface area contributed by atoms with Crippen LogP contribution in [0.15, 0.2) is 71.6 Å². The van der Waals surface area contributed by atoms with Gasteiger partial charge in [0.15, 0.2) is 5.13 Å². The molecule has 0 bridgehead atoms. The van der Waals surface area contributed by atoms with E-state index in [1.807, 2.05) is 37.3 Å². The van der Waals surface area contributed by atoms with Crippen LogP contribution in [0.25, 0.3) is 10.2 Å². The van der Waals surface area contributed by atoms with E-state index in [-0.39, 0.29) is 10.8 Å². The van der Waals surface area contributed by atoms with E-state index in [0.29, 0.717) is 25.2 Å². The number of hydrogen-bond donors (Lipinski definition) is 1. The highest BCUT2D eigenvalue weighted by atomic mass is 32.2. The first-order chi connectivity index (χ1) is 19.8. The fraction of sp³-hybridized carbons (Fsp3) is 0.355. The minimum atomic E-state index is -3.67. The van der Waals surface area contributed by atoms with Gasteiger partial charge >= 0.3 is 0 Å². The molecule has 4 aromatic rings. The largest absolute Gasteiger partial charge is 0.351 e. The number of aryl methyl sites for hydroxylation is 2. The Morgan fingerprint density at radius 1 is 0.951 bits per heavy atom. The highest BCUT2D eigenvalue weighted by molar-refractivity contribution is 7.89. The maximum absolute atomic E-state index is 13.2. The second kappa shape index (κ2) is 12.7. The van der Waals surface area contributed by atoms with Gasteiger partial charge in [-0.2, -0.15) is 4.31 Å². The number of sulfonamides is 1. The molecule has 8 nitrogen and oxygen atoms in total. The van der Waals surface area contributed by atoms with Crippen LogP contribution in [0.1, 0.15) is 34.0 Å². The van der Waals surface area contributed by atoms with Crippen molar-refractivity contribution in [2.45, 2.75) is 32.2 Å². The number of hydrogen-bond acceptors (Lipinski definition) is 7. The number of nitrogens with one attached hydrogen (secondary N) is 1. The molecule has 0 atom stereocenters. The highest BCUT2D eigenvalue weighted by Gasteiger charge is 2.24. The van der Waals surface area contributed by atoms with E-state index in [1.165, 1.54) is 32.3 Å². The Labute approximate surface area is 246 Å². The van der Waals surface area contributed by atoms with Crippen LogP contribution in [0.2, 0.25) is 0 Å². The zero-order chi connectivity index (χ0) is 29.0. The molecule has 0 spiro atoms. The van der Waals surface area contributed by atoms with Crippen molar-refractivity contribution in [2.75, 3.05) is 50.7 Å². The molecule has 5 rings (SSSR count). The van der Waals surface area contributed by atoms with Gasteiger partial charge in [-0.15, -0.1) is 0 Å². The zero-order valence-corrected chi connectivity index (χ0v) is 25.5. The van der Waals surface area contributed by atoms with E-state index in [2.05, 4.69) is 41.1 Å². The SMILES string of the molecule is CCN(Cc1ccccc1)S(=O)(=O)c1ccc(C(=O)NCCN2CCN(c3nc4c(C)ccc(C)c4s3)CC2)cc1. The summed E-state index contributed by atoms with van der Waals surface area (Å²) >= 11 is 1.77. The van der Waals surface area contributed by atoms with Crippen LogP contribution in [0.4, 0.5) is 5.13 Å². The van der Waals surface area contributed by atoms with Crippen LogP contribution in [0, 0.1) is 13.8 Å². The van der Waals surface area contributed by atoms with Gasteiger partial charge in [-0.25, -0.2) is 13.4 Å². The molecule has 1 saturated heterocycles. The summed E-state index contributed by atoms with van der Waals surface area (Å²) in [5.74, 6) is -0.204. The molecule has 10 heteroatoms. The molecule has 0 saturated carbocycles. The lowest BCUT2D eigenvalue weighted by Crippen LogP contribution is -2.48. The van der Waals surface area contributed by atoms with Crippen molar-refractivity contribution in [2.24, 2.45) is 0 Å². The molecule has 2 heterocycles. The number of anilines is 1. The molecule has 1 aliphatic heterocycles. The Morgan fingerprint density at radius 3 is 2.29 bits per heavy atom. The molecule has 3 aromatic carbocycles. The summed E-state index contributed by atoms with van der Waals surface area (Å²) in [5.41, 5.74) is 4.96. The Bertz CT molecular complexity index is 1560. The lowest BCUT2D eigenvalue weighted by molar-refractivity contribution is 0.0947. The average molecular weight is 592 g/mol. The van der Waals surface area contributed by atoms with E-state index in [4.69, 9.17) is 4.98 Å². The fourth-order valence-electron chi connectivity index (χ4n) is 5.06. The number of carbonyl (C=O) groups excluding carboxylic acids is 1. The van der Waals surface area contributed by atoms with Crippen LogP contribution in [-0.2, 0) is 16.6 Å². The van der Waals surface area contributed by atoms with Gasteiger partial charge in [0.25, 0.3) is 5.91 Å². The fourth-order valence-corrected chi connectivity index (χ4v) is 7.66. The number of carbonyl (C=O) groups is 1. The molecular weight excluding hydrogens is 555 g/mol. The van der Waals surface area contributed by atoms with Gasteiger partial charge in [-0.3, -0.25) is 9.69 Å². The third-order valence-corrected chi connectivity index (χ3v) is 10.8. The summed E-state index contributed by atoms with van der Waals surface area (Å²) in [7, 11) is -3.67. The van der Waals surface area contributed by atoms with Gasteiger partial charge in [-0.1, -0.05) is 60.7 Å². The second-order valence-electron chi connectivity index (χ2n) is 10.4. The number of rotatable bonds is 10. The van der Waals surface area contributed by atoms with Gasteiger partial charge in [-0.05, 0) is 54.8 Å². The van der Waals surface area contributed by atoms with E-state index >= 15 is 0 Å². The van der Waals surface area contributed by atoms with E-state index < -0.39 is 10.0 Å². The first-order valence-electron chi connectivity index (χ1n) is 14.0. The monoisotopic (exact) mass is 591 g/mol. The predicted molar refractivity (Wildman–Crippen MR) is 166 cm³/mol. The van der Waals surface area contributed by atoms with E-state index in [1.54, 1.807) is 23.5 Å². The van der Waals surface area contributed by atoms with Crippen molar-refractivity contribution >= 4 is 42.6 Å². The molecule has 1 N–H and O–H groups in total. The van der Waals surface area contributed by atoms with Crippen molar-refractivity contribution in [3.8, 4) is 0 Å². The summed E-state index contributed by atoms with van der Waals surface area (Å²) < 4.78 is 29.1. The van der Waals surface area contributed by atoms with Crippen molar-refractivity contribution in [3.63, 3.8) is 0 Å². The van der Waals surface area contributed by atoms with Gasteiger partial charge < -0.3 is 10.2 Å². The molecule has 216 valence electrons. The lowest BCUT2D eigenvalue weighted by Gasteiger charge is -2.34. The van der Waals surface area contributed by atoms with Gasteiger partial charge in [0.2, 0.25) is 10.0 Å². The molecule has 1 aromatic heterocycles. The van der Waals surface area contributed by atoms with Crippen molar-refractivity contribution in [1.82, 2.24) is 19.5 Å². The van der Waals surface area contributed by atoms with Crippen LogP contribution in [0.5, 0.6) is 0 Å². The molecule has 1 fully saturated rings. The number of thiazole rings is 1. The maximum atomic E-state index is 13.2. The molecule has 0 unspecified atom stereocenters. The topological polar surface area (TPSA) is 85.8 Å². The number of nitrogens with zero attached hydrogens (tertiary/aromatic N) is 4. The molecular formula is C31H37N5O3S2. The molecule has 41 heavy (non-hydrogen) atoms. The third-order valence-electron chi connectivity index (χ3n) is 7.60. The van der Waals surface area contributed by atoms with Crippen LogP contribution in [0.3, 0.4) is 0 Å². The van der Waals surface area contributed by atoms with Crippen LogP contribution in [-0.4, -0.2) is 74.3 Å². The predicted octanol–water partition coefficient (Wildman–Crippen LogP) is 4.68. The number of piperazine rings is 1. The van der Waals surface area contributed by atoms with Gasteiger partial charge in [0.1, 0.15) is 0 Å². The van der Waals surface area contributed by atoms with Crippen molar-refractivity contribution < 1.29 is 13.2 Å². The molecule has 1 amide bonds. The molecule has 0 aliphatic carbocycles. The average Bonchev–Trinajstić information content (AvgIpc) is 3.46. The summed E-state index contributed by atoms with van der Waals surface area (Å²) in [6, 6.07) is 20.0. The summed E-state index contributed by atoms with van der Waals surface area (Å²) in [6.45, 7) is 11.6. The first-order valence-corrected chi connectivity index (χ1v) is 16.3. The Balaban J connectivity index is 1.10. The number of amides is 1. The smallest absolute Gasteiger partial charge is 0.251 e. The maximum Gasteiger partial charge on any atom is 0.251 e. The van der Waals surface area contributed by atoms with E-state index in [9.17, 15) is 13.2 Å². The van der Waals surface area contributed by atoms with E-state index in [0.717, 1.165) is 48.9 Å². The van der Waals surface area contributed by atoms with Crippen LogP contribution < -0.4 is 10.2 Å². The molecule has 1 aliphatic rings. The summed E-state index contributed by atoms with van der Waals surface area (Å²) in [4.78, 5) is 22.6. The Morgan fingerprint density at radius 2 is 1.63 bits per heavy atom. The van der Waals surface area contributed by atoms with Gasteiger partial charge in [0, 0.05) is 57.9 Å². The normalized spacial score (nSPS) is 14.6. The number of aromatic nitrogens is 1. The van der Waals surface area contributed by atoms with Crippen molar-refractivity contribution in [3.05, 3.63) is 89.0 Å². The second-order valence-corrected chi connectivity index (χ2v) is 13.3. The van der Waals surface area contributed by atoms with Gasteiger partial charge in [0.05, 0.1) is 15.1 Å². The quantitative estimate of drug-likeness (QED) is 0.288. The van der Waals surface area contributed by atoms with Crippen LogP contribution >= 0.6 is 11.3 Å². The highest BCUT2D eigenvalue weighted by Crippen LogP contribution is 2.33. The Kier molecular flexibility index (Phi) is 9.03. The minimum absolute atomic E-state index is 0.183. The Hall–Kier alpha value is -3.31.